The SMILES string of the molecule is c1ccc(OCC2CO2)c(Cc2cc(Cc3ccc(OCC4CO4)cc3)ccc2OCC2CO2)c1. The molecule has 0 saturated carbocycles. The maximum atomic E-state index is 6.14. The monoisotopic (exact) mass is 474 g/mol. The predicted octanol–water partition coefficient (Wildman–Crippen LogP) is 4.20. The van der Waals surface area contributed by atoms with E-state index in [1.807, 2.05) is 24.3 Å². The summed E-state index contributed by atoms with van der Waals surface area (Å²) in [5.41, 5.74) is 4.75. The Kier molecular flexibility index (Phi) is 6.58. The van der Waals surface area contributed by atoms with Crippen LogP contribution < -0.4 is 14.2 Å². The fraction of sp³-hybridized carbons (Fsp3) is 0.379. The van der Waals surface area contributed by atoms with E-state index in [1.165, 1.54) is 11.1 Å². The first-order valence-corrected chi connectivity index (χ1v) is 12.3. The summed E-state index contributed by atoms with van der Waals surface area (Å²) >= 11 is 0. The summed E-state index contributed by atoms with van der Waals surface area (Å²) < 4.78 is 33.8. The zero-order valence-corrected chi connectivity index (χ0v) is 19.7. The molecule has 6 nitrogen and oxygen atoms in total. The number of ether oxygens (including phenoxy) is 6. The molecule has 0 amide bonds. The van der Waals surface area contributed by atoms with E-state index in [-0.39, 0.29) is 18.3 Å². The molecule has 3 fully saturated rings. The number of hydrogen-bond acceptors (Lipinski definition) is 6. The minimum atomic E-state index is 0.212. The van der Waals surface area contributed by atoms with Crippen molar-refractivity contribution in [1.29, 1.82) is 0 Å². The van der Waals surface area contributed by atoms with Crippen LogP contribution in [-0.4, -0.2) is 58.0 Å². The fourth-order valence-electron chi connectivity index (χ4n) is 4.00. The van der Waals surface area contributed by atoms with E-state index >= 15 is 0 Å². The van der Waals surface area contributed by atoms with Gasteiger partial charge in [0, 0.05) is 6.42 Å². The highest BCUT2D eigenvalue weighted by Crippen LogP contribution is 2.30. The summed E-state index contributed by atoms with van der Waals surface area (Å²) in [7, 11) is 0. The van der Waals surface area contributed by atoms with E-state index in [0.29, 0.717) is 19.8 Å². The number of hydrogen-bond donors (Lipinski definition) is 0. The predicted molar refractivity (Wildman–Crippen MR) is 131 cm³/mol. The van der Waals surface area contributed by atoms with Crippen LogP contribution in [0.5, 0.6) is 17.2 Å². The van der Waals surface area contributed by atoms with Crippen LogP contribution in [0.4, 0.5) is 0 Å². The van der Waals surface area contributed by atoms with Crippen molar-refractivity contribution in [3.63, 3.8) is 0 Å². The van der Waals surface area contributed by atoms with Crippen molar-refractivity contribution in [2.45, 2.75) is 31.2 Å². The molecule has 0 N–H and O–H groups in total. The summed E-state index contributed by atoms with van der Waals surface area (Å²) in [4.78, 5) is 0. The third-order valence-corrected chi connectivity index (χ3v) is 6.30. The van der Waals surface area contributed by atoms with Crippen LogP contribution in [0.1, 0.15) is 22.3 Å². The van der Waals surface area contributed by atoms with Gasteiger partial charge < -0.3 is 28.4 Å². The molecule has 0 spiro atoms. The molecule has 0 aliphatic carbocycles. The lowest BCUT2D eigenvalue weighted by Crippen LogP contribution is -2.08. The van der Waals surface area contributed by atoms with Gasteiger partial charge in [0.25, 0.3) is 0 Å². The molecule has 3 aromatic rings. The Morgan fingerprint density at radius 2 is 1.14 bits per heavy atom. The highest BCUT2D eigenvalue weighted by atomic mass is 16.6. The number of benzene rings is 3. The topological polar surface area (TPSA) is 65.3 Å². The summed E-state index contributed by atoms with van der Waals surface area (Å²) in [6.07, 6.45) is 2.26. The highest BCUT2D eigenvalue weighted by Gasteiger charge is 2.25. The average Bonchev–Trinajstić information content (AvgIpc) is 3.74. The van der Waals surface area contributed by atoms with Crippen LogP contribution in [0.2, 0.25) is 0 Å². The molecule has 6 heteroatoms. The standard InChI is InChI=1S/C29H30O6/c1-2-4-28(34-18-26-16-32-26)22(3-1)13-23-12-21(7-10-29(23)35-19-27-17-33-27)11-20-5-8-24(9-6-20)30-14-25-15-31-25/h1-10,12,25-27H,11,13-19H2. The van der Waals surface area contributed by atoms with Gasteiger partial charge in [0.05, 0.1) is 19.8 Å². The molecular formula is C29H30O6. The first-order chi connectivity index (χ1) is 17.3. The van der Waals surface area contributed by atoms with Gasteiger partial charge in [-0.15, -0.1) is 0 Å². The molecular weight excluding hydrogens is 444 g/mol. The zero-order chi connectivity index (χ0) is 23.5. The van der Waals surface area contributed by atoms with Gasteiger partial charge in [-0.05, 0) is 52.9 Å². The normalized spacial score (nSPS) is 21.9. The Hall–Kier alpha value is -3.06. The molecule has 3 saturated heterocycles. The Balaban J connectivity index is 1.17. The lowest BCUT2D eigenvalue weighted by atomic mass is 9.98. The largest absolute Gasteiger partial charge is 0.491 e. The summed E-state index contributed by atoms with van der Waals surface area (Å²) in [6, 6.07) is 23.0. The Labute approximate surface area is 205 Å². The first-order valence-electron chi connectivity index (χ1n) is 12.3. The summed E-state index contributed by atoms with van der Waals surface area (Å²) in [5.74, 6) is 2.68. The van der Waals surface area contributed by atoms with Gasteiger partial charge in [-0.2, -0.15) is 0 Å². The van der Waals surface area contributed by atoms with Crippen molar-refractivity contribution < 1.29 is 28.4 Å². The quantitative estimate of drug-likeness (QED) is 0.346. The van der Waals surface area contributed by atoms with E-state index in [0.717, 1.165) is 61.0 Å². The van der Waals surface area contributed by atoms with Crippen molar-refractivity contribution in [2.24, 2.45) is 0 Å². The van der Waals surface area contributed by atoms with E-state index in [2.05, 4.69) is 42.5 Å². The van der Waals surface area contributed by atoms with Gasteiger partial charge >= 0.3 is 0 Å². The molecule has 0 radical (unpaired) electrons. The van der Waals surface area contributed by atoms with Gasteiger partial charge in [-0.3, -0.25) is 0 Å². The minimum absolute atomic E-state index is 0.212. The molecule has 3 aliphatic heterocycles. The third kappa shape index (κ3) is 6.54. The van der Waals surface area contributed by atoms with Gasteiger partial charge in [0.1, 0.15) is 55.4 Å². The second-order valence-electron chi connectivity index (χ2n) is 9.35. The van der Waals surface area contributed by atoms with Gasteiger partial charge in [-0.25, -0.2) is 0 Å². The lowest BCUT2D eigenvalue weighted by molar-refractivity contribution is 0.259. The second kappa shape index (κ2) is 10.3. The van der Waals surface area contributed by atoms with Gasteiger partial charge in [0.2, 0.25) is 0 Å². The Morgan fingerprint density at radius 3 is 1.80 bits per heavy atom. The molecule has 0 aromatic heterocycles. The van der Waals surface area contributed by atoms with Crippen LogP contribution in [0.15, 0.2) is 66.7 Å². The third-order valence-electron chi connectivity index (χ3n) is 6.30. The smallest absolute Gasteiger partial charge is 0.122 e. The molecule has 3 aliphatic rings. The molecule has 6 rings (SSSR count). The molecule has 0 bridgehead atoms. The fourth-order valence-corrected chi connectivity index (χ4v) is 4.00. The maximum absolute atomic E-state index is 6.14. The summed E-state index contributed by atoms with van der Waals surface area (Å²) in [6.45, 7) is 4.16. The highest BCUT2D eigenvalue weighted by molar-refractivity contribution is 5.45. The zero-order valence-electron chi connectivity index (χ0n) is 19.7. The van der Waals surface area contributed by atoms with Crippen LogP contribution in [0.3, 0.4) is 0 Å². The van der Waals surface area contributed by atoms with Gasteiger partial charge in [0.15, 0.2) is 0 Å². The molecule has 35 heavy (non-hydrogen) atoms. The lowest BCUT2D eigenvalue weighted by Gasteiger charge is -2.15. The van der Waals surface area contributed by atoms with Crippen LogP contribution in [-0.2, 0) is 27.1 Å². The van der Waals surface area contributed by atoms with Gasteiger partial charge in [-0.1, -0.05) is 42.5 Å². The van der Waals surface area contributed by atoms with Crippen LogP contribution in [0, 0.1) is 0 Å². The van der Waals surface area contributed by atoms with Crippen molar-refractivity contribution in [2.75, 3.05) is 39.6 Å². The molecule has 3 unspecified atom stereocenters. The van der Waals surface area contributed by atoms with E-state index in [1.54, 1.807) is 0 Å². The average molecular weight is 475 g/mol. The Bertz CT molecular complexity index is 1130. The van der Waals surface area contributed by atoms with E-state index < -0.39 is 0 Å². The summed E-state index contributed by atoms with van der Waals surface area (Å²) in [5, 5.41) is 0. The molecule has 182 valence electrons. The maximum Gasteiger partial charge on any atom is 0.122 e. The minimum Gasteiger partial charge on any atom is -0.491 e. The van der Waals surface area contributed by atoms with Crippen molar-refractivity contribution >= 4 is 0 Å². The molecule has 3 aromatic carbocycles. The molecule has 3 heterocycles. The number of para-hydroxylation sites is 1. The van der Waals surface area contributed by atoms with Crippen molar-refractivity contribution in [3.8, 4) is 17.2 Å². The Morgan fingerprint density at radius 1 is 0.571 bits per heavy atom. The van der Waals surface area contributed by atoms with E-state index in [4.69, 9.17) is 28.4 Å². The first kappa shape index (κ1) is 22.4. The van der Waals surface area contributed by atoms with E-state index in [9.17, 15) is 0 Å². The molecule has 3 atom stereocenters. The second-order valence-corrected chi connectivity index (χ2v) is 9.35. The number of rotatable bonds is 13. The van der Waals surface area contributed by atoms with Crippen LogP contribution in [0.25, 0.3) is 0 Å². The van der Waals surface area contributed by atoms with Crippen LogP contribution >= 0.6 is 0 Å². The van der Waals surface area contributed by atoms with Crippen molar-refractivity contribution in [1.82, 2.24) is 0 Å². The van der Waals surface area contributed by atoms with Crippen molar-refractivity contribution in [3.05, 3.63) is 89.0 Å². The number of epoxide rings is 3.